The summed E-state index contributed by atoms with van der Waals surface area (Å²) in [6.07, 6.45) is 58.9. The maximum absolute atomic E-state index is 13.1. The zero-order chi connectivity index (χ0) is 56.1. The third-order valence-electron chi connectivity index (χ3n) is 12.5. The molecule has 1 fully saturated rings. The molecule has 0 radical (unpaired) electrons. The number of carboxylic acid groups (broad SMARTS) is 1. The second kappa shape index (κ2) is 51.9. The van der Waals surface area contributed by atoms with E-state index < -0.39 is 67.3 Å². The van der Waals surface area contributed by atoms with Crippen molar-refractivity contribution in [1.29, 1.82) is 0 Å². The van der Waals surface area contributed by atoms with Gasteiger partial charge in [-0.15, -0.1) is 0 Å². The van der Waals surface area contributed by atoms with Crippen LogP contribution in [-0.2, 0) is 42.9 Å². The van der Waals surface area contributed by atoms with Gasteiger partial charge in [0.05, 0.1) is 6.61 Å². The zero-order valence-corrected chi connectivity index (χ0v) is 47.7. The number of ether oxygens (including phenoxy) is 5. The van der Waals surface area contributed by atoms with Crippen LogP contribution < -0.4 is 0 Å². The maximum atomic E-state index is 13.1. The van der Waals surface area contributed by atoms with Crippen LogP contribution in [0, 0.1) is 0 Å². The first-order chi connectivity index (χ1) is 37.6. The summed E-state index contributed by atoms with van der Waals surface area (Å²) >= 11 is 0. The van der Waals surface area contributed by atoms with E-state index in [0.29, 0.717) is 25.7 Å². The van der Waals surface area contributed by atoms with E-state index in [1.807, 2.05) is 6.08 Å². The summed E-state index contributed by atoms with van der Waals surface area (Å²) < 4.78 is 28.3. The molecule has 77 heavy (non-hydrogen) atoms. The third kappa shape index (κ3) is 41.8. The molecular formula is C65H102O12. The van der Waals surface area contributed by atoms with E-state index in [1.54, 1.807) is 0 Å². The van der Waals surface area contributed by atoms with Crippen molar-refractivity contribution in [2.45, 2.75) is 250 Å². The Balaban J connectivity index is 2.77. The number of allylic oxidation sites excluding steroid dienone is 20. The van der Waals surface area contributed by atoms with Crippen LogP contribution in [0.3, 0.4) is 0 Å². The molecule has 0 aromatic carbocycles. The number of unbranched alkanes of at least 4 members (excludes halogenated alkanes) is 14. The summed E-state index contributed by atoms with van der Waals surface area (Å²) in [7, 11) is 0. The molecule has 0 saturated carbocycles. The Morgan fingerprint density at radius 1 is 0.442 bits per heavy atom. The molecule has 12 nitrogen and oxygen atoms in total. The molecule has 12 heteroatoms. The van der Waals surface area contributed by atoms with Gasteiger partial charge in [0.15, 0.2) is 24.6 Å². The Labute approximate surface area is 465 Å². The molecule has 0 bridgehead atoms. The van der Waals surface area contributed by atoms with Gasteiger partial charge in [-0.2, -0.15) is 0 Å². The van der Waals surface area contributed by atoms with Crippen molar-refractivity contribution in [3.63, 3.8) is 0 Å². The van der Waals surface area contributed by atoms with Gasteiger partial charge < -0.3 is 39.0 Å². The van der Waals surface area contributed by atoms with Crippen LogP contribution in [0.1, 0.15) is 213 Å². The first-order valence-electron chi connectivity index (χ1n) is 29.5. The van der Waals surface area contributed by atoms with Crippen LogP contribution in [0.5, 0.6) is 0 Å². The number of rotatable bonds is 48. The van der Waals surface area contributed by atoms with Crippen molar-refractivity contribution in [1.82, 2.24) is 0 Å². The number of esters is 3. The van der Waals surface area contributed by atoms with Crippen LogP contribution in [0.25, 0.3) is 0 Å². The first-order valence-corrected chi connectivity index (χ1v) is 29.5. The van der Waals surface area contributed by atoms with Gasteiger partial charge >= 0.3 is 23.9 Å². The predicted molar refractivity (Wildman–Crippen MR) is 312 cm³/mol. The summed E-state index contributed by atoms with van der Waals surface area (Å²) in [5.41, 5.74) is 0. The fourth-order valence-corrected chi connectivity index (χ4v) is 8.03. The van der Waals surface area contributed by atoms with E-state index in [4.69, 9.17) is 23.7 Å². The molecule has 434 valence electrons. The van der Waals surface area contributed by atoms with Gasteiger partial charge in [-0.3, -0.25) is 14.4 Å². The minimum absolute atomic E-state index is 0.0338. The summed E-state index contributed by atoms with van der Waals surface area (Å²) in [6, 6.07) is 0. The lowest BCUT2D eigenvalue weighted by Gasteiger charge is -2.40. The number of hydrogen-bond donors (Lipinski definition) is 3. The average molecular weight is 1080 g/mol. The van der Waals surface area contributed by atoms with Gasteiger partial charge in [-0.25, -0.2) is 4.79 Å². The number of aliphatic carboxylic acids is 1. The Bertz CT molecular complexity index is 1800. The highest BCUT2D eigenvalue weighted by Gasteiger charge is 2.50. The molecule has 1 heterocycles. The third-order valence-corrected chi connectivity index (χ3v) is 12.5. The number of carbonyl (C=O) groups excluding carboxylic acids is 3. The Morgan fingerprint density at radius 3 is 1.32 bits per heavy atom. The highest BCUT2D eigenvalue weighted by atomic mass is 16.7. The normalized spacial score (nSPS) is 18.9. The topological polar surface area (TPSA) is 175 Å². The van der Waals surface area contributed by atoms with Crippen molar-refractivity contribution in [3.8, 4) is 0 Å². The summed E-state index contributed by atoms with van der Waals surface area (Å²) in [5.74, 6) is -3.28. The minimum Gasteiger partial charge on any atom is -0.479 e. The minimum atomic E-state index is -1.93. The Hall–Kier alpha value is -4.88. The second-order valence-electron chi connectivity index (χ2n) is 19.5. The standard InChI is InChI=1S/C65H102O12/c1-4-7-10-13-16-19-22-25-28-29-32-33-36-39-42-45-48-51-57(66)73-54-56(75-58(67)52-49-46-43-40-37-34-30-26-23-20-17-14-11-8-5-2)55-74-65-63(61(70)60(69)62(77-65)64(71)72)76-59(68)53-50-47-44-41-38-35-31-27-24-21-18-15-12-9-6-3/h7-8,10-11,16-17,19-20,25-28,30-33,37,39-40,42,56,60-63,65,69-70H,4-6,9,12-15,18,21-24,29,34-36,38,41,43-55H2,1-3H3,(H,71,72)/b10-7-,11-8-,19-16-,20-17-,28-25-,30-26-,31-27-,33-32-,40-37-,42-39-. The van der Waals surface area contributed by atoms with Gasteiger partial charge in [-0.05, 0) is 122 Å². The van der Waals surface area contributed by atoms with Crippen LogP contribution in [0.15, 0.2) is 122 Å². The average Bonchev–Trinajstić information content (AvgIpc) is 3.42. The van der Waals surface area contributed by atoms with E-state index in [0.717, 1.165) is 109 Å². The molecule has 0 aromatic heterocycles. The van der Waals surface area contributed by atoms with E-state index in [2.05, 4.69) is 136 Å². The van der Waals surface area contributed by atoms with Crippen molar-refractivity contribution in [2.75, 3.05) is 13.2 Å². The maximum Gasteiger partial charge on any atom is 0.335 e. The van der Waals surface area contributed by atoms with Crippen LogP contribution >= 0.6 is 0 Å². The number of aliphatic hydroxyl groups is 2. The van der Waals surface area contributed by atoms with Crippen molar-refractivity contribution in [2.24, 2.45) is 0 Å². The molecule has 1 aliphatic heterocycles. The fraction of sp³-hybridized carbons (Fsp3) is 0.631. The number of carboxylic acids is 1. The van der Waals surface area contributed by atoms with Crippen LogP contribution in [0.2, 0.25) is 0 Å². The predicted octanol–water partition coefficient (Wildman–Crippen LogP) is 15.2. The van der Waals surface area contributed by atoms with E-state index in [1.165, 1.54) is 38.5 Å². The van der Waals surface area contributed by atoms with E-state index >= 15 is 0 Å². The highest BCUT2D eigenvalue weighted by molar-refractivity contribution is 5.74. The van der Waals surface area contributed by atoms with E-state index in [9.17, 15) is 34.5 Å². The van der Waals surface area contributed by atoms with Gasteiger partial charge in [0.2, 0.25) is 0 Å². The smallest absolute Gasteiger partial charge is 0.335 e. The van der Waals surface area contributed by atoms with Crippen LogP contribution in [-0.4, -0.2) is 89.2 Å². The Kier molecular flexibility index (Phi) is 47.2. The molecule has 1 aliphatic rings. The largest absolute Gasteiger partial charge is 0.479 e. The lowest BCUT2D eigenvalue weighted by Crippen LogP contribution is -2.61. The van der Waals surface area contributed by atoms with Gasteiger partial charge in [0.25, 0.3) is 0 Å². The lowest BCUT2D eigenvalue weighted by molar-refractivity contribution is -0.301. The number of carbonyl (C=O) groups is 4. The zero-order valence-electron chi connectivity index (χ0n) is 47.7. The molecule has 6 atom stereocenters. The molecule has 0 aliphatic carbocycles. The van der Waals surface area contributed by atoms with Crippen molar-refractivity contribution >= 4 is 23.9 Å². The summed E-state index contributed by atoms with van der Waals surface area (Å²) in [5, 5.41) is 31.5. The quantitative estimate of drug-likeness (QED) is 0.0228. The molecule has 0 spiro atoms. The van der Waals surface area contributed by atoms with Crippen molar-refractivity contribution < 1.29 is 58.2 Å². The monoisotopic (exact) mass is 1070 g/mol. The molecule has 0 aromatic rings. The second-order valence-corrected chi connectivity index (χ2v) is 19.5. The number of aliphatic hydroxyl groups excluding tert-OH is 2. The van der Waals surface area contributed by atoms with Gasteiger partial charge in [0, 0.05) is 19.3 Å². The first kappa shape index (κ1) is 70.1. The fourth-order valence-electron chi connectivity index (χ4n) is 8.03. The van der Waals surface area contributed by atoms with Crippen molar-refractivity contribution in [3.05, 3.63) is 122 Å². The molecule has 0 amide bonds. The molecule has 3 N–H and O–H groups in total. The molecule has 1 saturated heterocycles. The number of hydrogen-bond acceptors (Lipinski definition) is 11. The summed E-state index contributed by atoms with van der Waals surface area (Å²) in [4.78, 5) is 51.1. The van der Waals surface area contributed by atoms with Gasteiger partial charge in [0.1, 0.15) is 18.8 Å². The lowest BCUT2D eigenvalue weighted by atomic mass is 9.98. The molecule has 6 unspecified atom stereocenters. The molecule has 1 rings (SSSR count). The highest BCUT2D eigenvalue weighted by Crippen LogP contribution is 2.26. The van der Waals surface area contributed by atoms with Crippen LogP contribution in [0.4, 0.5) is 0 Å². The molecular weight excluding hydrogens is 973 g/mol. The Morgan fingerprint density at radius 2 is 0.831 bits per heavy atom. The summed E-state index contributed by atoms with van der Waals surface area (Å²) in [6.45, 7) is 5.66. The SMILES string of the molecule is CC/C=C\C/C=C\C/C=C\C/C=C\C/C=C\CCCC(=O)OCC(COC1OC(C(=O)O)C(O)C(O)C1OC(=O)CCCCCCC/C=C\CCCCCCCC)OC(=O)CCCC/C=C\C/C=C\C/C=C\C/C=C\CC. The van der Waals surface area contributed by atoms with Gasteiger partial charge in [-0.1, -0.05) is 194 Å². The van der Waals surface area contributed by atoms with E-state index in [-0.39, 0.29) is 25.9 Å².